The Morgan fingerprint density at radius 2 is 2.21 bits per heavy atom. The van der Waals surface area contributed by atoms with Gasteiger partial charge in [0, 0.05) is 18.7 Å². The van der Waals surface area contributed by atoms with Crippen molar-refractivity contribution >= 4 is 5.69 Å². The number of hydrogen-bond donors (Lipinski definition) is 2. The van der Waals surface area contributed by atoms with Crippen molar-refractivity contribution in [2.75, 3.05) is 19.4 Å². The van der Waals surface area contributed by atoms with Gasteiger partial charge in [-0.25, -0.2) is 0 Å². The monoisotopic (exact) mass is 190 g/mol. The number of ether oxygens (including phenoxy) is 1. The summed E-state index contributed by atoms with van der Waals surface area (Å²) < 4.78 is 5.07. The molecule has 0 saturated heterocycles. The van der Waals surface area contributed by atoms with E-state index in [1.807, 2.05) is 12.1 Å². The summed E-state index contributed by atoms with van der Waals surface area (Å²) in [5.41, 5.74) is 12.5. The number of nitrogens with two attached hydrogens (primary N) is 2. The summed E-state index contributed by atoms with van der Waals surface area (Å²) in [4.78, 5) is 0. The summed E-state index contributed by atoms with van der Waals surface area (Å²) in [5.74, 6) is 6.65. The second-order valence-corrected chi connectivity index (χ2v) is 2.79. The zero-order valence-corrected chi connectivity index (χ0v) is 8.21. The van der Waals surface area contributed by atoms with E-state index in [1.54, 1.807) is 13.2 Å². The maximum atomic E-state index is 5.74. The van der Waals surface area contributed by atoms with Crippen molar-refractivity contribution in [2.24, 2.45) is 5.73 Å². The van der Waals surface area contributed by atoms with Gasteiger partial charge in [0.15, 0.2) is 0 Å². The van der Waals surface area contributed by atoms with Crippen molar-refractivity contribution < 1.29 is 4.74 Å². The number of benzene rings is 1. The van der Waals surface area contributed by atoms with Crippen molar-refractivity contribution in [3.05, 3.63) is 23.8 Å². The van der Waals surface area contributed by atoms with Crippen LogP contribution in [-0.4, -0.2) is 13.7 Å². The Hall–Kier alpha value is -1.66. The second-order valence-electron chi connectivity index (χ2n) is 2.79. The molecule has 0 aliphatic heterocycles. The van der Waals surface area contributed by atoms with Gasteiger partial charge < -0.3 is 16.2 Å². The average Bonchev–Trinajstić information content (AvgIpc) is 2.21. The van der Waals surface area contributed by atoms with Crippen molar-refractivity contribution in [3.8, 4) is 17.6 Å². The van der Waals surface area contributed by atoms with Crippen LogP contribution in [0.3, 0.4) is 0 Å². The molecule has 74 valence electrons. The van der Waals surface area contributed by atoms with Crippen LogP contribution in [0.5, 0.6) is 5.75 Å². The molecule has 3 heteroatoms. The number of anilines is 1. The SMILES string of the molecule is COc1ccc(N)c(C#CCCN)c1. The van der Waals surface area contributed by atoms with Gasteiger partial charge in [-0.15, -0.1) is 0 Å². The summed E-state index contributed by atoms with van der Waals surface area (Å²) >= 11 is 0. The normalized spacial score (nSPS) is 9.00. The molecule has 0 amide bonds. The third-order valence-corrected chi connectivity index (χ3v) is 1.75. The molecular weight excluding hydrogens is 176 g/mol. The smallest absolute Gasteiger partial charge is 0.120 e. The van der Waals surface area contributed by atoms with E-state index in [2.05, 4.69) is 11.8 Å². The first-order valence-electron chi connectivity index (χ1n) is 4.40. The number of rotatable bonds is 2. The van der Waals surface area contributed by atoms with Crippen LogP contribution in [0.15, 0.2) is 18.2 Å². The number of methoxy groups -OCH3 is 1. The summed E-state index contributed by atoms with van der Waals surface area (Å²) in [6.07, 6.45) is 0.677. The fourth-order valence-electron chi connectivity index (χ4n) is 1.00. The van der Waals surface area contributed by atoms with Gasteiger partial charge in [-0.1, -0.05) is 11.8 Å². The first-order chi connectivity index (χ1) is 6.77. The fraction of sp³-hybridized carbons (Fsp3) is 0.273. The number of hydrogen-bond acceptors (Lipinski definition) is 3. The summed E-state index contributed by atoms with van der Waals surface area (Å²) in [5, 5.41) is 0. The predicted molar refractivity (Wildman–Crippen MR) is 58.0 cm³/mol. The first kappa shape index (κ1) is 10.4. The first-order valence-corrected chi connectivity index (χ1v) is 4.40. The lowest BCUT2D eigenvalue weighted by Gasteiger charge is -2.02. The van der Waals surface area contributed by atoms with Gasteiger partial charge in [-0.05, 0) is 18.2 Å². The summed E-state index contributed by atoms with van der Waals surface area (Å²) in [7, 11) is 1.61. The third kappa shape index (κ3) is 2.68. The minimum Gasteiger partial charge on any atom is -0.497 e. The molecular formula is C11H14N2O. The van der Waals surface area contributed by atoms with Gasteiger partial charge >= 0.3 is 0 Å². The Morgan fingerprint density at radius 3 is 2.86 bits per heavy atom. The maximum Gasteiger partial charge on any atom is 0.120 e. The minimum absolute atomic E-state index is 0.566. The van der Waals surface area contributed by atoms with Gasteiger partial charge in [0.25, 0.3) is 0 Å². The van der Waals surface area contributed by atoms with Gasteiger partial charge in [-0.2, -0.15) is 0 Å². The Labute approximate surface area is 84.0 Å². The molecule has 0 radical (unpaired) electrons. The number of nitrogen functional groups attached to an aromatic ring is 1. The van der Waals surface area contributed by atoms with E-state index in [4.69, 9.17) is 16.2 Å². The molecule has 4 N–H and O–H groups in total. The molecule has 0 saturated carbocycles. The van der Waals surface area contributed by atoms with Crippen molar-refractivity contribution in [1.29, 1.82) is 0 Å². The van der Waals surface area contributed by atoms with Gasteiger partial charge in [0.2, 0.25) is 0 Å². The predicted octanol–water partition coefficient (Wildman–Crippen LogP) is 0.978. The molecule has 1 aromatic carbocycles. The zero-order chi connectivity index (χ0) is 10.4. The van der Waals surface area contributed by atoms with E-state index in [-0.39, 0.29) is 0 Å². The summed E-state index contributed by atoms with van der Waals surface area (Å²) in [6.45, 7) is 0.566. The van der Waals surface area contributed by atoms with E-state index in [0.717, 1.165) is 11.3 Å². The van der Waals surface area contributed by atoms with Crippen molar-refractivity contribution in [3.63, 3.8) is 0 Å². The molecule has 0 heterocycles. The zero-order valence-electron chi connectivity index (χ0n) is 8.21. The van der Waals surface area contributed by atoms with Crippen LogP contribution in [0.2, 0.25) is 0 Å². The molecule has 1 aromatic rings. The lowest BCUT2D eigenvalue weighted by molar-refractivity contribution is 0.415. The fourth-order valence-corrected chi connectivity index (χ4v) is 1.00. The van der Waals surface area contributed by atoms with Crippen LogP contribution < -0.4 is 16.2 Å². The maximum absolute atomic E-state index is 5.74. The van der Waals surface area contributed by atoms with Crippen LogP contribution in [0.1, 0.15) is 12.0 Å². The lowest BCUT2D eigenvalue weighted by Crippen LogP contribution is -1.96. The standard InChI is InChI=1S/C11H14N2O/c1-14-10-5-6-11(13)9(8-10)4-2-3-7-12/h5-6,8H,3,7,12-13H2,1H3. The van der Waals surface area contributed by atoms with E-state index in [1.165, 1.54) is 0 Å². The highest BCUT2D eigenvalue weighted by atomic mass is 16.5. The molecule has 0 atom stereocenters. The Kier molecular flexibility index (Phi) is 3.84. The quantitative estimate of drug-likeness (QED) is 0.539. The van der Waals surface area contributed by atoms with Crippen LogP contribution in [0.25, 0.3) is 0 Å². The van der Waals surface area contributed by atoms with Crippen molar-refractivity contribution in [2.45, 2.75) is 6.42 Å². The Bertz CT molecular complexity index is 363. The Balaban J connectivity index is 2.91. The van der Waals surface area contributed by atoms with E-state index in [0.29, 0.717) is 18.7 Å². The topological polar surface area (TPSA) is 61.3 Å². The van der Waals surface area contributed by atoms with Crippen LogP contribution in [-0.2, 0) is 0 Å². The van der Waals surface area contributed by atoms with Gasteiger partial charge in [-0.3, -0.25) is 0 Å². The molecule has 3 nitrogen and oxygen atoms in total. The summed E-state index contributed by atoms with van der Waals surface area (Å²) in [6, 6.07) is 5.41. The van der Waals surface area contributed by atoms with Crippen LogP contribution in [0.4, 0.5) is 5.69 Å². The van der Waals surface area contributed by atoms with Gasteiger partial charge in [0.1, 0.15) is 5.75 Å². The van der Waals surface area contributed by atoms with Crippen molar-refractivity contribution in [1.82, 2.24) is 0 Å². The second kappa shape index (κ2) is 5.15. The largest absolute Gasteiger partial charge is 0.497 e. The van der Waals surface area contributed by atoms with E-state index < -0.39 is 0 Å². The van der Waals surface area contributed by atoms with Gasteiger partial charge in [0.05, 0.1) is 12.7 Å². The molecule has 0 spiro atoms. The Morgan fingerprint density at radius 1 is 1.43 bits per heavy atom. The highest BCUT2D eigenvalue weighted by molar-refractivity contribution is 5.58. The molecule has 14 heavy (non-hydrogen) atoms. The lowest BCUT2D eigenvalue weighted by atomic mass is 10.1. The van der Waals surface area contributed by atoms with Crippen LogP contribution >= 0.6 is 0 Å². The van der Waals surface area contributed by atoms with E-state index in [9.17, 15) is 0 Å². The third-order valence-electron chi connectivity index (χ3n) is 1.75. The minimum atomic E-state index is 0.566. The molecule has 1 rings (SSSR count). The average molecular weight is 190 g/mol. The van der Waals surface area contributed by atoms with Crippen LogP contribution in [0, 0.1) is 11.8 Å². The molecule has 0 fully saturated rings. The molecule has 0 bridgehead atoms. The van der Waals surface area contributed by atoms with E-state index >= 15 is 0 Å². The molecule has 0 unspecified atom stereocenters. The molecule has 0 aliphatic carbocycles. The highest BCUT2D eigenvalue weighted by Crippen LogP contribution is 2.18. The highest BCUT2D eigenvalue weighted by Gasteiger charge is 1.97. The molecule has 0 aromatic heterocycles. The molecule has 0 aliphatic rings.